The van der Waals surface area contributed by atoms with Crippen molar-refractivity contribution in [3.05, 3.63) is 29.5 Å². The highest BCUT2D eigenvalue weighted by atomic mass is 16.5. The highest BCUT2D eigenvalue weighted by molar-refractivity contribution is 6.04. The van der Waals surface area contributed by atoms with Crippen molar-refractivity contribution in [3.63, 3.8) is 0 Å². The van der Waals surface area contributed by atoms with Gasteiger partial charge in [0.05, 0.1) is 24.4 Å². The molecule has 0 bridgehead atoms. The number of morpholine rings is 1. The van der Waals surface area contributed by atoms with Gasteiger partial charge < -0.3 is 15.8 Å². The molecule has 7 nitrogen and oxygen atoms in total. The summed E-state index contributed by atoms with van der Waals surface area (Å²) >= 11 is 0. The molecule has 1 amide bonds. The first-order valence-electron chi connectivity index (χ1n) is 7.76. The molecule has 0 atom stereocenters. The number of fused-ring (bicyclic) bond motifs is 1. The van der Waals surface area contributed by atoms with Crippen LogP contribution in [-0.2, 0) is 4.74 Å². The lowest BCUT2D eigenvalue weighted by Crippen LogP contribution is -2.41. The van der Waals surface area contributed by atoms with E-state index >= 15 is 0 Å². The molecule has 0 aliphatic carbocycles. The fraction of sp³-hybridized carbons (Fsp3) is 0.438. The van der Waals surface area contributed by atoms with Gasteiger partial charge in [-0.05, 0) is 18.6 Å². The van der Waals surface area contributed by atoms with E-state index in [1.165, 1.54) is 0 Å². The quantitative estimate of drug-likeness (QED) is 0.857. The molecule has 1 aromatic heterocycles. The Bertz CT molecular complexity index is 713. The molecule has 1 fully saturated rings. The lowest BCUT2D eigenvalue weighted by molar-refractivity contribution is 0.0383. The number of anilines is 1. The molecule has 2 heterocycles. The Hall–Kier alpha value is -2.25. The molecule has 1 saturated heterocycles. The van der Waals surface area contributed by atoms with Crippen LogP contribution in [-0.4, -0.2) is 60.4 Å². The van der Waals surface area contributed by atoms with E-state index in [-0.39, 0.29) is 11.6 Å². The molecular formula is C16H21N5O2. The Balaban J connectivity index is 1.66. The van der Waals surface area contributed by atoms with Crippen molar-refractivity contribution in [1.82, 2.24) is 20.4 Å². The molecule has 7 heteroatoms. The van der Waals surface area contributed by atoms with Crippen LogP contribution in [0.1, 0.15) is 16.1 Å². The van der Waals surface area contributed by atoms with Crippen molar-refractivity contribution in [2.24, 2.45) is 0 Å². The molecule has 3 rings (SSSR count). The van der Waals surface area contributed by atoms with Crippen LogP contribution < -0.4 is 11.1 Å². The predicted octanol–water partition coefficient (Wildman–Crippen LogP) is 0.582. The number of hydrogen-bond acceptors (Lipinski definition) is 6. The average molecular weight is 315 g/mol. The zero-order valence-electron chi connectivity index (χ0n) is 13.2. The molecule has 1 aliphatic rings. The van der Waals surface area contributed by atoms with Crippen LogP contribution in [0, 0.1) is 6.92 Å². The first-order chi connectivity index (χ1) is 11.1. The number of nitrogens with one attached hydrogen (secondary N) is 1. The zero-order valence-corrected chi connectivity index (χ0v) is 13.2. The van der Waals surface area contributed by atoms with Crippen LogP contribution >= 0.6 is 0 Å². The van der Waals surface area contributed by atoms with Crippen LogP contribution in [0.3, 0.4) is 0 Å². The van der Waals surface area contributed by atoms with E-state index in [1.807, 2.05) is 25.1 Å². The van der Waals surface area contributed by atoms with Crippen LogP contribution in [0.4, 0.5) is 5.69 Å². The summed E-state index contributed by atoms with van der Waals surface area (Å²) in [5, 5.41) is 11.7. The summed E-state index contributed by atoms with van der Waals surface area (Å²) in [6, 6.07) is 5.72. The van der Waals surface area contributed by atoms with Crippen LogP contribution in [0.5, 0.6) is 0 Å². The maximum absolute atomic E-state index is 12.3. The van der Waals surface area contributed by atoms with Crippen LogP contribution in [0.25, 0.3) is 10.9 Å². The second-order valence-corrected chi connectivity index (χ2v) is 5.69. The highest BCUT2D eigenvalue weighted by Crippen LogP contribution is 2.22. The molecule has 0 spiro atoms. The third-order valence-electron chi connectivity index (χ3n) is 3.99. The van der Waals surface area contributed by atoms with Crippen molar-refractivity contribution < 1.29 is 9.53 Å². The predicted molar refractivity (Wildman–Crippen MR) is 88.3 cm³/mol. The number of ether oxygens (including phenoxy) is 1. The number of carbonyl (C=O) groups is 1. The normalized spacial score (nSPS) is 15.7. The molecular weight excluding hydrogens is 294 g/mol. The van der Waals surface area contributed by atoms with Gasteiger partial charge in [0.1, 0.15) is 0 Å². The van der Waals surface area contributed by atoms with Crippen molar-refractivity contribution >= 4 is 22.5 Å². The molecule has 23 heavy (non-hydrogen) atoms. The van der Waals surface area contributed by atoms with Crippen molar-refractivity contribution in [2.45, 2.75) is 6.92 Å². The number of benzene rings is 1. The number of aryl methyl sites for hydroxylation is 1. The average Bonchev–Trinajstić information content (AvgIpc) is 2.56. The number of nitrogen functional groups attached to an aromatic ring is 1. The standard InChI is InChI=1S/C16H21N5O2/c1-11-2-3-12-13(10-11)19-20-15(14(12)17)16(22)18-4-5-21-6-8-23-9-7-21/h2-3,10H,4-9H2,1H3,(H2,17,19)(H,18,22). The number of rotatable bonds is 4. The Morgan fingerprint density at radius 1 is 1.35 bits per heavy atom. The van der Waals surface area contributed by atoms with Crippen molar-refractivity contribution in [2.75, 3.05) is 45.1 Å². The summed E-state index contributed by atoms with van der Waals surface area (Å²) in [6.45, 7) is 6.60. The van der Waals surface area contributed by atoms with Crippen LogP contribution in [0.2, 0.25) is 0 Å². The summed E-state index contributed by atoms with van der Waals surface area (Å²) in [5.41, 5.74) is 8.43. The molecule has 122 valence electrons. The summed E-state index contributed by atoms with van der Waals surface area (Å²) in [5.74, 6) is -0.286. The molecule has 0 unspecified atom stereocenters. The summed E-state index contributed by atoms with van der Waals surface area (Å²) in [7, 11) is 0. The fourth-order valence-corrected chi connectivity index (χ4v) is 2.64. The Morgan fingerprint density at radius 2 is 2.13 bits per heavy atom. The highest BCUT2D eigenvalue weighted by Gasteiger charge is 2.16. The Morgan fingerprint density at radius 3 is 2.91 bits per heavy atom. The minimum Gasteiger partial charge on any atom is -0.396 e. The van der Waals surface area contributed by atoms with Gasteiger partial charge in [-0.1, -0.05) is 12.1 Å². The molecule has 0 radical (unpaired) electrons. The van der Waals surface area contributed by atoms with E-state index < -0.39 is 0 Å². The first-order valence-corrected chi connectivity index (χ1v) is 7.76. The minimum absolute atomic E-state index is 0.184. The SMILES string of the molecule is Cc1ccc2c(N)c(C(=O)NCCN3CCOCC3)nnc2c1. The first kappa shape index (κ1) is 15.6. The van der Waals surface area contributed by atoms with E-state index in [9.17, 15) is 4.79 Å². The van der Waals surface area contributed by atoms with Gasteiger partial charge >= 0.3 is 0 Å². The van der Waals surface area contributed by atoms with Gasteiger partial charge in [-0.3, -0.25) is 9.69 Å². The lowest BCUT2D eigenvalue weighted by Gasteiger charge is -2.26. The Labute approximate surface area is 134 Å². The number of nitrogens with two attached hydrogens (primary N) is 1. The van der Waals surface area contributed by atoms with Gasteiger partial charge in [-0.25, -0.2) is 0 Å². The molecule has 3 N–H and O–H groups in total. The van der Waals surface area contributed by atoms with Gasteiger partial charge in [0.25, 0.3) is 5.91 Å². The Kier molecular flexibility index (Phi) is 4.68. The maximum Gasteiger partial charge on any atom is 0.274 e. The molecule has 2 aromatic rings. The van der Waals surface area contributed by atoms with E-state index in [2.05, 4.69) is 20.4 Å². The largest absolute Gasteiger partial charge is 0.396 e. The third-order valence-corrected chi connectivity index (χ3v) is 3.99. The molecule has 0 saturated carbocycles. The monoisotopic (exact) mass is 315 g/mol. The van der Waals surface area contributed by atoms with Gasteiger partial charge in [-0.2, -0.15) is 0 Å². The van der Waals surface area contributed by atoms with Gasteiger partial charge in [-0.15, -0.1) is 10.2 Å². The molecule has 1 aromatic carbocycles. The second-order valence-electron chi connectivity index (χ2n) is 5.69. The number of carbonyl (C=O) groups excluding carboxylic acids is 1. The number of amides is 1. The number of aromatic nitrogens is 2. The van der Waals surface area contributed by atoms with Crippen LogP contribution in [0.15, 0.2) is 18.2 Å². The summed E-state index contributed by atoms with van der Waals surface area (Å²) in [6.07, 6.45) is 0. The van der Waals surface area contributed by atoms with E-state index in [0.717, 1.165) is 43.8 Å². The van der Waals surface area contributed by atoms with Crippen molar-refractivity contribution in [1.29, 1.82) is 0 Å². The molecule has 1 aliphatic heterocycles. The topological polar surface area (TPSA) is 93.4 Å². The minimum atomic E-state index is -0.286. The van der Waals surface area contributed by atoms with Gasteiger partial charge in [0.2, 0.25) is 0 Å². The number of hydrogen-bond donors (Lipinski definition) is 2. The second kappa shape index (κ2) is 6.89. The smallest absolute Gasteiger partial charge is 0.274 e. The third kappa shape index (κ3) is 3.57. The zero-order chi connectivity index (χ0) is 16.2. The summed E-state index contributed by atoms with van der Waals surface area (Å²) < 4.78 is 5.30. The van der Waals surface area contributed by atoms with E-state index in [4.69, 9.17) is 10.5 Å². The summed E-state index contributed by atoms with van der Waals surface area (Å²) in [4.78, 5) is 14.5. The van der Waals surface area contributed by atoms with Gasteiger partial charge in [0, 0.05) is 31.6 Å². The van der Waals surface area contributed by atoms with E-state index in [0.29, 0.717) is 17.7 Å². The van der Waals surface area contributed by atoms with Crippen molar-refractivity contribution in [3.8, 4) is 0 Å². The van der Waals surface area contributed by atoms with Gasteiger partial charge in [0.15, 0.2) is 5.69 Å². The van der Waals surface area contributed by atoms with E-state index in [1.54, 1.807) is 0 Å². The lowest BCUT2D eigenvalue weighted by atomic mass is 10.1. The maximum atomic E-state index is 12.3. The number of nitrogens with zero attached hydrogens (tertiary/aromatic N) is 3. The fourth-order valence-electron chi connectivity index (χ4n) is 2.64.